The van der Waals surface area contributed by atoms with Crippen molar-refractivity contribution in [1.82, 2.24) is 10.3 Å². The van der Waals surface area contributed by atoms with Gasteiger partial charge < -0.3 is 5.32 Å². The number of hydrogen-bond acceptors (Lipinski definition) is 2. The second-order valence-electron chi connectivity index (χ2n) is 3.89. The molecule has 0 fully saturated rings. The Labute approximate surface area is 105 Å². The second kappa shape index (κ2) is 6.63. The number of carbonyl (C=O) groups is 1. The summed E-state index contributed by atoms with van der Waals surface area (Å²) in [6, 6.07) is 3.75. The summed E-state index contributed by atoms with van der Waals surface area (Å²) in [6.07, 6.45) is 4.89. The molecule has 0 saturated heterocycles. The summed E-state index contributed by atoms with van der Waals surface area (Å²) in [5, 5.41) is 2.96. The summed E-state index contributed by atoms with van der Waals surface area (Å²) >= 11 is 3.24. The minimum absolute atomic E-state index is 0.0522. The van der Waals surface area contributed by atoms with E-state index in [1.807, 2.05) is 6.92 Å². The van der Waals surface area contributed by atoms with E-state index in [1.54, 1.807) is 18.3 Å². The van der Waals surface area contributed by atoms with E-state index < -0.39 is 0 Å². The third-order valence-electron chi connectivity index (χ3n) is 2.36. The average molecular weight is 285 g/mol. The van der Waals surface area contributed by atoms with Crippen LogP contribution >= 0.6 is 15.9 Å². The number of nitrogens with one attached hydrogen (secondary N) is 1. The summed E-state index contributed by atoms with van der Waals surface area (Å²) < 4.78 is 0.739. The van der Waals surface area contributed by atoms with Crippen molar-refractivity contribution >= 4 is 21.8 Å². The van der Waals surface area contributed by atoms with Crippen molar-refractivity contribution in [3.05, 3.63) is 28.5 Å². The van der Waals surface area contributed by atoms with E-state index in [4.69, 9.17) is 0 Å². The largest absolute Gasteiger partial charge is 0.350 e. The number of aromatic nitrogens is 1. The van der Waals surface area contributed by atoms with Crippen LogP contribution in [0.5, 0.6) is 0 Å². The van der Waals surface area contributed by atoms with Gasteiger partial charge in [0.2, 0.25) is 0 Å². The van der Waals surface area contributed by atoms with Crippen LogP contribution in [0.2, 0.25) is 0 Å². The molecule has 0 aliphatic carbocycles. The number of pyridine rings is 1. The predicted molar refractivity (Wildman–Crippen MR) is 68.4 cm³/mol. The number of carbonyl (C=O) groups excluding carboxylic acids is 1. The van der Waals surface area contributed by atoms with E-state index in [2.05, 4.69) is 33.2 Å². The van der Waals surface area contributed by atoms with Crippen LogP contribution in [-0.4, -0.2) is 16.9 Å². The molecule has 1 amide bonds. The van der Waals surface area contributed by atoms with E-state index in [0.29, 0.717) is 5.56 Å². The Balaban J connectivity index is 2.48. The molecule has 0 aromatic carbocycles. The van der Waals surface area contributed by atoms with Gasteiger partial charge in [0, 0.05) is 12.2 Å². The first-order chi connectivity index (χ1) is 7.63. The predicted octanol–water partition coefficient (Wildman–Crippen LogP) is 3.15. The lowest BCUT2D eigenvalue weighted by molar-refractivity contribution is 0.0937. The zero-order valence-electron chi connectivity index (χ0n) is 9.66. The fraction of sp³-hybridized carbons (Fsp3) is 0.500. The Morgan fingerprint density at radius 3 is 2.88 bits per heavy atom. The van der Waals surface area contributed by atoms with Crippen LogP contribution in [0.3, 0.4) is 0 Å². The van der Waals surface area contributed by atoms with Gasteiger partial charge in [0.05, 0.1) is 5.56 Å². The van der Waals surface area contributed by atoms with Crippen LogP contribution in [0.4, 0.5) is 0 Å². The van der Waals surface area contributed by atoms with Crippen LogP contribution in [0.1, 0.15) is 43.5 Å². The maximum atomic E-state index is 11.8. The topological polar surface area (TPSA) is 42.0 Å². The summed E-state index contributed by atoms with van der Waals surface area (Å²) in [5.74, 6) is -0.0522. The summed E-state index contributed by atoms with van der Waals surface area (Å²) in [5.41, 5.74) is 0.603. The molecule has 0 saturated carbocycles. The van der Waals surface area contributed by atoms with E-state index >= 15 is 0 Å². The van der Waals surface area contributed by atoms with Gasteiger partial charge in [0.1, 0.15) is 4.60 Å². The highest BCUT2D eigenvalue weighted by molar-refractivity contribution is 9.10. The van der Waals surface area contributed by atoms with E-state index in [0.717, 1.165) is 23.9 Å². The van der Waals surface area contributed by atoms with Gasteiger partial charge in [-0.25, -0.2) is 4.98 Å². The van der Waals surface area contributed by atoms with Gasteiger partial charge in [0.25, 0.3) is 5.91 Å². The molecule has 0 aliphatic rings. The number of nitrogens with zero attached hydrogens (tertiary/aromatic N) is 1. The lowest BCUT2D eigenvalue weighted by Gasteiger charge is -2.13. The lowest BCUT2D eigenvalue weighted by Crippen LogP contribution is -2.32. The number of hydrogen-bond donors (Lipinski definition) is 1. The monoisotopic (exact) mass is 284 g/mol. The molecule has 16 heavy (non-hydrogen) atoms. The smallest absolute Gasteiger partial charge is 0.253 e. The Hall–Kier alpha value is -0.900. The summed E-state index contributed by atoms with van der Waals surface area (Å²) in [7, 11) is 0. The Bertz CT molecular complexity index is 337. The normalized spacial score (nSPS) is 12.2. The van der Waals surface area contributed by atoms with Crippen molar-refractivity contribution in [2.75, 3.05) is 0 Å². The minimum atomic E-state index is -0.0522. The fourth-order valence-corrected chi connectivity index (χ4v) is 1.63. The minimum Gasteiger partial charge on any atom is -0.350 e. The highest BCUT2D eigenvalue weighted by atomic mass is 79.9. The first kappa shape index (κ1) is 13.2. The Morgan fingerprint density at radius 1 is 1.56 bits per heavy atom. The molecule has 1 unspecified atom stereocenters. The van der Waals surface area contributed by atoms with Gasteiger partial charge in [-0.2, -0.15) is 0 Å². The van der Waals surface area contributed by atoms with Crippen LogP contribution in [0, 0.1) is 0 Å². The molecule has 1 atom stereocenters. The van der Waals surface area contributed by atoms with Crippen molar-refractivity contribution in [2.45, 2.75) is 39.2 Å². The number of halogens is 1. The van der Waals surface area contributed by atoms with Gasteiger partial charge in [-0.1, -0.05) is 19.8 Å². The summed E-state index contributed by atoms with van der Waals surface area (Å²) in [6.45, 7) is 4.17. The molecule has 1 N–H and O–H groups in total. The molecule has 88 valence electrons. The van der Waals surface area contributed by atoms with Gasteiger partial charge in [-0.15, -0.1) is 0 Å². The molecular weight excluding hydrogens is 268 g/mol. The quantitative estimate of drug-likeness (QED) is 0.844. The van der Waals surface area contributed by atoms with Crippen molar-refractivity contribution in [2.24, 2.45) is 0 Å². The third-order valence-corrected chi connectivity index (χ3v) is 2.83. The highest BCUT2D eigenvalue weighted by Crippen LogP contribution is 2.07. The van der Waals surface area contributed by atoms with Gasteiger partial charge in [0.15, 0.2) is 0 Å². The van der Waals surface area contributed by atoms with Gasteiger partial charge in [-0.3, -0.25) is 4.79 Å². The molecule has 1 heterocycles. The zero-order chi connectivity index (χ0) is 12.0. The fourth-order valence-electron chi connectivity index (χ4n) is 1.40. The standard InChI is InChI=1S/C12H17BrN2O/c1-3-4-5-9(2)15-12(16)10-6-7-11(13)14-8-10/h6-9H,3-5H2,1-2H3,(H,15,16). The zero-order valence-corrected chi connectivity index (χ0v) is 11.3. The van der Waals surface area contributed by atoms with Crippen molar-refractivity contribution in [3.63, 3.8) is 0 Å². The molecule has 3 nitrogen and oxygen atoms in total. The Kier molecular flexibility index (Phi) is 5.46. The summed E-state index contributed by atoms with van der Waals surface area (Å²) in [4.78, 5) is 15.8. The molecule has 1 aromatic heterocycles. The third kappa shape index (κ3) is 4.31. The number of amides is 1. The van der Waals surface area contributed by atoms with Crippen molar-refractivity contribution in [3.8, 4) is 0 Å². The average Bonchev–Trinajstić information content (AvgIpc) is 2.27. The molecule has 1 rings (SSSR count). The lowest BCUT2D eigenvalue weighted by atomic mass is 10.1. The molecule has 0 aliphatic heterocycles. The molecular formula is C12H17BrN2O. The van der Waals surface area contributed by atoms with E-state index in [1.165, 1.54) is 0 Å². The number of rotatable bonds is 5. The molecule has 1 aromatic rings. The first-order valence-corrected chi connectivity index (χ1v) is 6.35. The van der Waals surface area contributed by atoms with Gasteiger partial charge in [-0.05, 0) is 41.4 Å². The Morgan fingerprint density at radius 2 is 2.31 bits per heavy atom. The van der Waals surface area contributed by atoms with E-state index in [-0.39, 0.29) is 11.9 Å². The van der Waals surface area contributed by atoms with Crippen molar-refractivity contribution in [1.29, 1.82) is 0 Å². The van der Waals surface area contributed by atoms with Crippen LogP contribution in [-0.2, 0) is 0 Å². The molecule has 0 bridgehead atoms. The molecule has 0 radical (unpaired) electrons. The molecule has 4 heteroatoms. The maximum absolute atomic E-state index is 11.8. The molecule has 0 spiro atoms. The number of unbranched alkanes of at least 4 members (excludes halogenated alkanes) is 1. The van der Waals surface area contributed by atoms with Crippen LogP contribution in [0.15, 0.2) is 22.9 Å². The van der Waals surface area contributed by atoms with Crippen molar-refractivity contribution < 1.29 is 4.79 Å². The second-order valence-corrected chi connectivity index (χ2v) is 4.70. The van der Waals surface area contributed by atoms with Gasteiger partial charge >= 0.3 is 0 Å². The van der Waals surface area contributed by atoms with E-state index in [9.17, 15) is 4.79 Å². The SMILES string of the molecule is CCCCC(C)NC(=O)c1ccc(Br)nc1. The van der Waals surface area contributed by atoms with Crippen LogP contribution < -0.4 is 5.32 Å². The van der Waals surface area contributed by atoms with Crippen LogP contribution in [0.25, 0.3) is 0 Å². The maximum Gasteiger partial charge on any atom is 0.253 e. The highest BCUT2D eigenvalue weighted by Gasteiger charge is 2.09. The first-order valence-electron chi connectivity index (χ1n) is 5.56.